The van der Waals surface area contributed by atoms with E-state index in [0.29, 0.717) is 18.5 Å². The van der Waals surface area contributed by atoms with E-state index >= 15 is 0 Å². The third-order valence-electron chi connectivity index (χ3n) is 9.47. The molecule has 5 aromatic rings. The predicted octanol–water partition coefficient (Wildman–Crippen LogP) is 10.2. The summed E-state index contributed by atoms with van der Waals surface area (Å²) in [6.45, 7) is 15.6. The number of benzene rings is 5. The van der Waals surface area contributed by atoms with E-state index in [0.717, 1.165) is 50.9 Å². The van der Waals surface area contributed by atoms with Gasteiger partial charge in [0.1, 0.15) is 6.29 Å². The van der Waals surface area contributed by atoms with Crippen molar-refractivity contribution in [1.29, 1.82) is 0 Å². The van der Waals surface area contributed by atoms with Gasteiger partial charge in [0.25, 0.3) is 5.91 Å². The lowest BCUT2D eigenvalue weighted by Crippen LogP contribution is -2.25. The first-order chi connectivity index (χ1) is 24.2. The number of amides is 2. The number of aryl methyl sites for hydroxylation is 1. The second-order valence-electron chi connectivity index (χ2n) is 15.5. The van der Waals surface area contributed by atoms with Crippen LogP contribution in [0.25, 0.3) is 22.3 Å². The minimum atomic E-state index is -0.473. The second-order valence-corrected chi connectivity index (χ2v) is 15.5. The van der Waals surface area contributed by atoms with Gasteiger partial charge in [0.2, 0.25) is 5.91 Å². The maximum absolute atomic E-state index is 14.1. The van der Waals surface area contributed by atoms with Crippen LogP contribution in [0.15, 0.2) is 115 Å². The third kappa shape index (κ3) is 9.49. The number of carbonyl (C=O) groups is 3. The average molecular weight is 679 g/mol. The van der Waals surface area contributed by atoms with Gasteiger partial charge in [0.15, 0.2) is 0 Å². The first-order valence-electron chi connectivity index (χ1n) is 17.8. The highest BCUT2D eigenvalue weighted by Gasteiger charge is 2.23. The van der Waals surface area contributed by atoms with E-state index in [-0.39, 0.29) is 29.1 Å². The van der Waals surface area contributed by atoms with E-state index in [1.165, 1.54) is 11.1 Å². The van der Waals surface area contributed by atoms with E-state index in [4.69, 9.17) is 0 Å². The van der Waals surface area contributed by atoms with Crippen molar-refractivity contribution in [3.8, 4) is 22.3 Å². The Kier molecular flexibility index (Phi) is 11.4. The minimum absolute atomic E-state index is 0.0812. The van der Waals surface area contributed by atoms with E-state index in [9.17, 15) is 14.4 Å². The van der Waals surface area contributed by atoms with Crippen LogP contribution in [0, 0.1) is 6.92 Å². The molecule has 1 unspecified atom stereocenters. The van der Waals surface area contributed by atoms with E-state index < -0.39 is 5.92 Å². The molecule has 2 N–H and O–H groups in total. The first-order valence-corrected chi connectivity index (χ1v) is 17.8. The summed E-state index contributed by atoms with van der Waals surface area (Å²) < 4.78 is 0. The van der Waals surface area contributed by atoms with Gasteiger partial charge >= 0.3 is 0 Å². The zero-order valence-corrected chi connectivity index (χ0v) is 31.0. The molecule has 0 spiro atoms. The number of hydrogen-bond acceptors (Lipinski definition) is 3. The topological polar surface area (TPSA) is 75.3 Å². The van der Waals surface area contributed by atoms with Crippen LogP contribution >= 0.6 is 0 Å². The molecule has 0 aliphatic rings. The second kappa shape index (κ2) is 15.7. The molecule has 0 bridgehead atoms. The van der Waals surface area contributed by atoms with Crippen LogP contribution in [0.5, 0.6) is 0 Å². The Balaban J connectivity index is 1.39. The number of aldehydes is 1. The quantitative estimate of drug-likeness (QED) is 0.108. The van der Waals surface area contributed by atoms with Gasteiger partial charge in [-0.1, -0.05) is 133 Å². The van der Waals surface area contributed by atoms with Crippen LogP contribution in [0.4, 0.5) is 5.69 Å². The molecular weight excluding hydrogens is 629 g/mol. The lowest BCUT2D eigenvalue weighted by Gasteiger charge is -2.20. The van der Waals surface area contributed by atoms with Crippen LogP contribution in [0.2, 0.25) is 0 Å². The summed E-state index contributed by atoms with van der Waals surface area (Å²) in [6, 6.07) is 39.0. The Morgan fingerprint density at radius 2 is 1.20 bits per heavy atom. The highest BCUT2D eigenvalue weighted by atomic mass is 16.2. The Hall–Kier alpha value is -5.29. The predicted molar refractivity (Wildman–Crippen MR) is 210 cm³/mol. The summed E-state index contributed by atoms with van der Waals surface area (Å²) in [5.74, 6) is -0.804. The lowest BCUT2D eigenvalue weighted by atomic mass is 9.86. The molecule has 1 atom stereocenters. The third-order valence-corrected chi connectivity index (χ3v) is 9.47. The molecule has 2 amide bonds. The number of carbonyl (C=O) groups excluding carboxylic acids is 3. The summed E-state index contributed by atoms with van der Waals surface area (Å²) in [4.78, 5) is 37.3. The SMILES string of the molecule is Cc1cc(NC(=O)C(Cc2ccc(C(=O)NCCC=O)cc2)c2ccc(-c3ccc(C(C)(C)C)cc3)cc2)ccc1-c1ccc(C(C)(C)C)cc1. The lowest BCUT2D eigenvalue weighted by molar-refractivity contribution is -0.117. The van der Waals surface area contributed by atoms with Crippen LogP contribution in [0.3, 0.4) is 0 Å². The summed E-state index contributed by atoms with van der Waals surface area (Å²) in [5.41, 5.74) is 11.4. The first kappa shape index (κ1) is 37.0. The molecule has 5 heteroatoms. The van der Waals surface area contributed by atoms with Gasteiger partial charge < -0.3 is 15.4 Å². The van der Waals surface area contributed by atoms with Crippen molar-refractivity contribution in [2.24, 2.45) is 0 Å². The molecule has 0 aliphatic heterocycles. The number of nitrogens with one attached hydrogen (secondary N) is 2. The Labute approximate surface area is 303 Å². The molecule has 0 aliphatic carbocycles. The summed E-state index contributed by atoms with van der Waals surface area (Å²) in [6.07, 6.45) is 1.51. The van der Waals surface area contributed by atoms with E-state index in [1.54, 1.807) is 12.1 Å². The molecule has 51 heavy (non-hydrogen) atoms. The normalized spacial score (nSPS) is 12.2. The van der Waals surface area contributed by atoms with Crippen molar-refractivity contribution in [1.82, 2.24) is 5.32 Å². The Bertz CT molecular complexity index is 1960. The molecule has 0 heterocycles. The van der Waals surface area contributed by atoms with Gasteiger partial charge in [-0.15, -0.1) is 0 Å². The molecule has 0 fully saturated rings. The number of hydrogen-bond donors (Lipinski definition) is 2. The van der Waals surface area contributed by atoms with Gasteiger partial charge in [-0.05, 0) is 98.5 Å². The fourth-order valence-electron chi connectivity index (χ4n) is 6.25. The average Bonchev–Trinajstić information content (AvgIpc) is 3.10. The maximum Gasteiger partial charge on any atom is 0.251 e. The summed E-state index contributed by atoms with van der Waals surface area (Å²) in [5, 5.41) is 5.96. The van der Waals surface area contributed by atoms with Crippen LogP contribution in [-0.2, 0) is 26.8 Å². The van der Waals surface area contributed by atoms with E-state index in [2.05, 4.69) is 126 Å². The van der Waals surface area contributed by atoms with Crippen LogP contribution < -0.4 is 10.6 Å². The number of anilines is 1. The van der Waals surface area contributed by atoms with Crippen molar-refractivity contribution < 1.29 is 14.4 Å². The van der Waals surface area contributed by atoms with Crippen molar-refractivity contribution in [2.75, 3.05) is 11.9 Å². The van der Waals surface area contributed by atoms with Crippen LogP contribution in [-0.4, -0.2) is 24.6 Å². The fraction of sp³-hybridized carbons (Fsp3) is 0.283. The smallest absolute Gasteiger partial charge is 0.251 e. The maximum atomic E-state index is 14.1. The molecule has 5 nitrogen and oxygen atoms in total. The van der Waals surface area contributed by atoms with Crippen molar-refractivity contribution in [2.45, 2.75) is 78.1 Å². The molecule has 5 aromatic carbocycles. The van der Waals surface area contributed by atoms with Gasteiger partial charge in [-0.2, -0.15) is 0 Å². The standard InChI is InChI=1S/C46H50N2O3/c1-31-29-40(25-26-41(31)35-19-23-39(24-20-35)46(5,6)7)48-44(51)42(30-32-9-11-37(12-10-32)43(50)47-27-8-28-49)36-15-13-33(14-16-36)34-17-21-38(22-18-34)45(2,3)4/h9-26,28-29,42H,8,27,30H2,1-7H3,(H,47,50)(H,48,51). The van der Waals surface area contributed by atoms with Gasteiger partial charge in [0, 0.05) is 24.2 Å². The van der Waals surface area contributed by atoms with E-state index in [1.807, 2.05) is 36.4 Å². The molecule has 0 saturated carbocycles. The molecule has 262 valence electrons. The largest absolute Gasteiger partial charge is 0.352 e. The minimum Gasteiger partial charge on any atom is -0.352 e. The molecule has 0 aromatic heterocycles. The van der Waals surface area contributed by atoms with Crippen molar-refractivity contribution >= 4 is 23.8 Å². The Morgan fingerprint density at radius 1 is 0.667 bits per heavy atom. The molecular formula is C46H50N2O3. The summed E-state index contributed by atoms with van der Waals surface area (Å²) in [7, 11) is 0. The van der Waals surface area contributed by atoms with Gasteiger partial charge in [-0.25, -0.2) is 0 Å². The highest BCUT2D eigenvalue weighted by molar-refractivity contribution is 5.97. The molecule has 5 rings (SSSR count). The molecule has 0 saturated heterocycles. The molecule has 0 radical (unpaired) electrons. The van der Waals surface area contributed by atoms with Gasteiger partial charge in [0.05, 0.1) is 5.92 Å². The van der Waals surface area contributed by atoms with Crippen LogP contribution in [0.1, 0.15) is 92.1 Å². The van der Waals surface area contributed by atoms with Gasteiger partial charge in [-0.3, -0.25) is 9.59 Å². The van der Waals surface area contributed by atoms with Crippen molar-refractivity contribution in [3.05, 3.63) is 149 Å². The van der Waals surface area contributed by atoms with Crippen molar-refractivity contribution in [3.63, 3.8) is 0 Å². The zero-order valence-electron chi connectivity index (χ0n) is 31.0. The fourth-order valence-corrected chi connectivity index (χ4v) is 6.25. The zero-order chi connectivity index (χ0) is 36.8. The highest BCUT2D eigenvalue weighted by Crippen LogP contribution is 2.32. The Morgan fingerprint density at radius 3 is 1.71 bits per heavy atom. The summed E-state index contributed by atoms with van der Waals surface area (Å²) >= 11 is 0. The monoisotopic (exact) mass is 678 g/mol. The number of rotatable bonds is 11.